The summed E-state index contributed by atoms with van der Waals surface area (Å²) in [6, 6.07) is 5.11. The Morgan fingerprint density at radius 1 is 1.23 bits per heavy atom. The lowest BCUT2D eigenvalue weighted by Gasteiger charge is -2.35. The Morgan fingerprint density at radius 2 is 1.91 bits per heavy atom. The van der Waals surface area contributed by atoms with Crippen molar-refractivity contribution < 1.29 is 19.5 Å². The predicted octanol–water partition coefficient (Wildman–Crippen LogP) is 0.884. The molecule has 7 nitrogen and oxygen atoms in total. The molecular formula is C15H17N3O4. The zero-order chi connectivity index (χ0) is 15.9. The molecule has 3 rings (SSSR count). The molecule has 2 aliphatic rings. The molecule has 0 unspecified atom stereocenters. The van der Waals surface area contributed by atoms with Crippen LogP contribution in [0, 0.1) is 0 Å². The largest absolute Gasteiger partial charge is 0.465 e. The average molecular weight is 303 g/mol. The highest BCUT2D eigenvalue weighted by molar-refractivity contribution is 6.09. The Kier molecular flexibility index (Phi) is 3.48. The molecule has 1 fully saturated rings. The molecule has 0 radical (unpaired) electrons. The van der Waals surface area contributed by atoms with E-state index in [4.69, 9.17) is 10.8 Å². The van der Waals surface area contributed by atoms with Crippen LogP contribution < -0.4 is 5.73 Å². The van der Waals surface area contributed by atoms with E-state index < -0.39 is 12.0 Å². The van der Waals surface area contributed by atoms with Crippen LogP contribution in [0.15, 0.2) is 18.2 Å². The molecular weight excluding hydrogens is 286 g/mol. The second-order valence-electron chi connectivity index (χ2n) is 5.64. The van der Waals surface area contributed by atoms with Gasteiger partial charge in [0, 0.05) is 25.7 Å². The fourth-order valence-corrected chi connectivity index (χ4v) is 3.25. The van der Waals surface area contributed by atoms with Gasteiger partial charge in [-0.1, -0.05) is 12.1 Å². The molecule has 0 saturated carbocycles. The molecule has 2 aliphatic heterocycles. The summed E-state index contributed by atoms with van der Waals surface area (Å²) in [4.78, 5) is 38.1. The number of piperidine rings is 1. The Labute approximate surface area is 127 Å². The van der Waals surface area contributed by atoms with Crippen LogP contribution >= 0.6 is 0 Å². The first kappa shape index (κ1) is 14.4. The van der Waals surface area contributed by atoms with Gasteiger partial charge in [0.2, 0.25) is 5.91 Å². The molecule has 3 N–H and O–H groups in total. The van der Waals surface area contributed by atoms with Crippen LogP contribution in [0.2, 0.25) is 0 Å². The number of hydrogen-bond donors (Lipinski definition) is 2. The summed E-state index contributed by atoms with van der Waals surface area (Å²) in [5.41, 5.74) is 6.81. The number of carbonyl (C=O) groups is 3. The van der Waals surface area contributed by atoms with Crippen LogP contribution in [-0.4, -0.2) is 51.9 Å². The maximum absolute atomic E-state index is 12.6. The number of nitrogens with two attached hydrogens (primary N) is 1. The first-order valence-electron chi connectivity index (χ1n) is 7.19. The summed E-state index contributed by atoms with van der Waals surface area (Å²) in [7, 11) is 0. The number of nitrogens with zero attached hydrogens (tertiary/aromatic N) is 2. The normalized spacial score (nSPS) is 18.5. The highest BCUT2D eigenvalue weighted by Gasteiger charge is 2.37. The Hall–Kier alpha value is -2.57. The maximum Gasteiger partial charge on any atom is 0.407 e. The van der Waals surface area contributed by atoms with Crippen LogP contribution in [-0.2, 0) is 6.54 Å². The lowest BCUT2D eigenvalue weighted by molar-refractivity contribution is 0.0594. The minimum Gasteiger partial charge on any atom is -0.465 e. The Bertz CT molecular complexity index is 650. The SMILES string of the molecule is NC(=O)c1cccc2c1C(=O)N(C1CCN(C(=O)O)CC1)C2. The van der Waals surface area contributed by atoms with Gasteiger partial charge in [-0.3, -0.25) is 9.59 Å². The molecule has 2 heterocycles. The number of rotatable bonds is 2. The van der Waals surface area contributed by atoms with Crippen molar-refractivity contribution in [3.63, 3.8) is 0 Å². The van der Waals surface area contributed by atoms with Gasteiger partial charge in [-0.25, -0.2) is 4.79 Å². The van der Waals surface area contributed by atoms with E-state index in [0.717, 1.165) is 5.56 Å². The fourth-order valence-electron chi connectivity index (χ4n) is 3.25. The number of likely N-dealkylation sites (tertiary alicyclic amines) is 1. The van der Waals surface area contributed by atoms with Gasteiger partial charge in [0.1, 0.15) is 0 Å². The molecule has 0 bridgehead atoms. The van der Waals surface area contributed by atoms with Gasteiger partial charge >= 0.3 is 6.09 Å². The number of benzene rings is 1. The molecule has 116 valence electrons. The van der Waals surface area contributed by atoms with Gasteiger partial charge in [-0.15, -0.1) is 0 Å². The number of carboxylic acid groups (broad SMARTS) is 1. The van der Waals surface area contributed by atoms with Gasteiger partial charge < -0.3 is 20.6 Å². The average Bonchev–Trinajstić information content (AvgIpc) is 2.84. The minimum absolute atomic E-state index is 0.00349. The molecule has 1 aromatic carbocycles. The third-order valence-electron chi connectivity index (χ3n) is 4.41. The molecule has 0 spiro atoms. The second-order valence-corrected chi connectivity index (χ2v) is 5.64. The summed E-state index contributed by atoms with van der Waals surface area (Å²) in [6.07, 6.45) is 0.293. The van der Waals surface area contributed by atoms with Gasteiger partial charge in [0.25, 0.3) is 5.91 Å². The molecule has 1 saturated heterocycles. The molecule has 22 heavy (non-hydrogen) atoms. The number of hydrogen-bond acceptors (Lipinski definition) is 3. The third kappa shape index (κ3) is 2.28. The predicted molar refractivity (Wildman–Crippen MR) is 77.5 cm³/mol. The summed E-state index contributed by atoms with van der Waals surface area (Å²) < 4.78 is 0. The smallest absolute Gasteiger partial charge is 0.407 e. The monoisotopic (exact) mass is 303 g/mol. The third-order valence-corrected chi connectivity index (χ3v) is 4.41. The Balaban J connectivity index is 1.79. The van der Waals surface area contributed by atoms with Crippen LogP contribution in [0.3, 0.4) is 0 Å². The van der Waals surface area contributed by atoms with Gasteiger partial charge in [0.05, 0.1) is 11.1 Å². The standard InChI is InChI=1S/C15H17N3O4/c16-13(19)11-3-1-2-9-8-18(14(20)12(9)11)10-4-6-17(7-5-10)15(21)22/h1-3,10H,4-8H2,(H2,16,19)(H,21,22). The van der Waals surface area contributed by atoms with Crippen molar-refractivity contribution in [1.29, 1.82) is 0 Å². The molecule has 0 atom stereocenters. The van der Waals surface area contributed by atoms with E-state index in [1.165, 1.54) is 4.90 Å². The number of carbonyl (C=O) groups excluding carboxylic acids is 2. The van der Waals surface area contributed by atoms with E-state index in [1.54, 1.807) is 17.0 Å². The van der Waals surface area contributed by atoms with Gasteiger partial charge in [-0.05, 0) is 24.5 Å². The first-order valence-corrected chi connectivity index (χ1v) is 7.19. The van der Waals surface area contributed by atoms with E-state index in [0.29, 0.717) is 38.0 Å². The van der Waals surface area contributed by atoms with Crippen molar-refractivity contribution in [2.24, 2.45) is 5.73 Å². The van der Waals surface area contributed by atoms with E-state index in [-0.39, 0.29) is 17.5 Å². The Morgan fingerprint density at radius 3 is 2.50 bits per heavy atom. The molecule has 3 amide bonds. The van der Waals surface area contributed by atoms with E-state index >= 15 is 0 Å². The summed E-state index contributed by atoms with van der Waals surface area (Å²) >= 11 is 0. The zero-order valence-corrected chi connectivity index (χ0v) is 12.0. The van der Waals surface area contributed by atoms with E-state index in [1.807, 2.05) is 6.07 Å². The van der Waals surface area contributed by atoms with Crippen LogP contribution in [0.4, 0.5) is 4.79 Å². The molecule has 0 aromatic heterocycles. The zero-order valence-electron chi connectivity index (χ0n) is 12.0. The number of amides is 3. The number of fused-ring (bicyclic) bond motifs is 1. The highest BCUT2D eigenvalue weighted by Crippen LogP contribution is 2.30. The first-order chi connectivity index (χ1) is 10.5. The maximum atomic E-state index is 12.6. The van der Waals surface area contributed by atoms with Crippen LogP contribution in [0.25, 0.3) is 0 Å². The molecule has 1 aromatic rings. The summed E-state index contributed by atoms with van der Waals surface area (Å²) in [6.45, 7) is 1.29. The minimum atomic E-state index is -0.925. The van der Waals surface area contributed by atoms with E-state index in [9.17, 15) is 14.4 Å². The van der Waals surface area contributed by atoms with E-state index in [2.05, 4.69) is 0 Å². The van der Waals surface area contributed by atoms with Crippen molar-refractivity contribution in [2.45, 2.75) is 25.4 Å². The quantitative estimate of drug-likeness (QED) is 0.846. The topological polar surface area (TPSA) is 104 Å². The van der Waals surface area contributed by atoms with Crippen molar-refractivity contribution in [3.05, 3.63) is 34.9 Å². The van der Waals surface area contributed by atoms with Crippen molar-refractivity contribution in [2.75, 3.05) is 13.1 Å². The van der Waals surface area contributed by atoms with Crippen LogP contribution in [0.1, 0.15) is 39.1 Å². The lowest BCUT2D eigenvalue weighted by atomic mass is 10.0. The highest BCUT2D eigenvalue weighted by atomic mass is 16.4. The van der Waals surface area contributed by atoms with Crippen LogP contribution in [0.5, 0.6) is 0 Å². The van der Waals surface area contributed by atoms with Gasteiger partial charge in [-0.2, -0.15) is 0 Å². The summed E-state index contributed by atoms with van der Waals surface area (Å²) in [5.74, 6) is -0.786. The number of primary amides is 1. The molecule has 7 heteroatoms. The van der Waals surface area contributed by atoms with Crippen molar-refractivity contribution >= 4 is 17.9 Å². The van der Waals surface area contributed by atoms with Crippen molar-refractivity contribution in [3.8, 4) is 0 Å². The lowest BCUT2D eigenvalue weighted by Crippen LogP contribution is -2.46. The van der Waals surface area contributed by atoms with Gasteiger partial charge in [0.15, 0.2) is 0 Å². The van der Waals surface area contributed by atoms with Crippen molar-refractivity contribution in [1.82, 2.24) is 9.80 Å². The fraction of sp³-hybridized carbons (Fsp3) is 0.400. The molecule has 0 aliphatic carbocycles. The summed E-state index contributed by atoms with van der Waals surface area (Å²) in [5, 5.41) is 8.98. The second kappa shape index (κ2) is 5.32.